The molecule has 1 heteroatoms. The third kappa shape index (κ3) is 1.26. The molecule has 1 aliphatic carbocycles. The van der Waals surface area contributed by atoms with Crippen molar-refractivity contribution < 1.29 is 0 Å². The van der Waals surface area contributed by atoms with Crippen molar-refractivity contribution in [2.45, 2.75) is 38.1 Å². The third-order valence-electron chi connectivity index (χ3n) is 2.76. The lowest BCUT2D eigenvalue weighted by Gasteiger charge is -2.31. The van der Waals surface area contributed by atoms with Gasteiger partial charge in [-0.2, -0.15) is 0 Å². The van der Waals surface area contributed by atoms with Gasteiger partial charge in [0.15, 0.2) is 0 Å². The van der Waals surface area contributed by atoms with E-state index in [0.717, 1.165) is 0 Å². The normalized spacial score (nSPS) is 25.3. The molecule has 54 valence electrons. The molecule has 0 aliphatic heterocycles. The quantitative estimate of drug-likeness (QED) is 0.520. The van der Waals surface area contributed by atoms with Gasteiger partial charge in [-0.25, -0.2) is 0 Å². The fourth-order valence-electron chi connectivity index (χ4n) is 1.58. The fourth-order valence-corrected chi connectivity index (χ4v) is 1.58. The van der Waals surface area contributed by atoms with Crippen LogP contribution in [0.1, 0.15) is 32.6 Å². The highest BCUT2D eigenvalue weighted by atomic mass is 15.1. The lowest BCUT2D eigenvalue weighted by molar-refractivity contribution is 0.180. The predicted molar refractivity (Wildman–Crippen MR) is 40.6 cm³/mol. The van der Waals surface area contributed by atoms with Crippen LogP contribution in [0.15, 0.2) is 0 Å². The van der Waals surface area contributed by atoms with Gasteiger partial charge in [-0.15, -0.1) is 0 Å². The van der Waals surface area contributed by atoms with Gasteiger partial charge in [-0.1, -0.05) is 12.8 Å². The van der Waals surface area contributed by atoms with Crippen LogP contribution in [0.4, 0.5) is 0 Å². The summed E-state index contributed by atoms with van der Waals surface area (Å²) in [5.41, 5.74) is 0.528. The van der Waals surface area contributed by atoms with E-state index < -0.39 is 0 Å². The summed E-state index contributed by atoms with van der Waals surface area (Å²) in [7, 11) is 4.37. The molecule has 1 fully saturated rings. The van der Waals surface area contributed by atoms with Gasteiger partial charge in [-0.3, -0.25) is 0 Å². The van der Waals surface area contributed by atoms with Crippen molar-refractivity contribution in [3.63, 3.8) is 0 Å². The van der Waals surface area contributed by atoms with E-state index in [2.05, 4.69) is 25.9 Å². The Hall–Kier alpha value is -0.0400. The maximum absolute atomic E-state index is 2.36. The minimum atomic E-state index is 0.528. The Morgan fingerprint density at radius 1 is 1.11 bits per heavy atom. The molecule has 0 saturated heterocycles. The average Bonchev–Trinajstić information content (AvgIpc) is 2.16. The summed E-state index contributed by atoms with van der Waals surface area (Å²) >= 11 is 0. The summed E-state index contributed by atoms with van der Waals surface area (Å²) in [6, 6.07) is 0. The largest absolute Gasteiger partial charge is 0.304 e. The highest BCUT2D eigenvalue weighted by Gasteiger charge is 2.29. The van der Waals surface area contributed by atoms with E-state index >= 15 is 0 Å². The zero-order valence-electron chi connectivity index (χ0n) is 6.78. The van der Waals surface area contributed by atoms with E-state index in [1.807, 2.05) is 0 Å². The zero-order valence-corrected chi connectivity index (χ0v) is 6.78. The Morgan fingerprint density at radius 3 is 1.78 bits per heavy atom. The lowest BCUT2D eigenvalue weighted by Crippen LogP contribution is -2.37. The van der Waals surface area contributed by atoms with Crippen molar-refractivity contribution in [3.05, 3.63) is 0 Å². The molecule has 0 bridgehead atoms. The smallest absolute Gasteiger partial charge is 0.0175 e. The van der Waals surface area contributed by atoms with Crippen LogP contribution in [0, 0.1) is 0 Å². The highest BCUT2D eigenvalue weighted by molar-refractivity contribution is 4.87. The van der Waals surface area contributed by atoms with Gasteiger partial charge in [0.2, 0.25) is 0 Å². The summed E-state index contributed by atoms with van der Waals surface area (Å²) < 4.78 is 0. The number of rotatable bonds is 1. The van der Waals surface area contributed by atoms with Crippen LogP contribution in [0.5, 0.6) is 0 Å². The van der Waals surface area contributed by atoms with Crippen molar-refractivity contribution >= 4 is 0 Å². The molecule has 0 radical (unpaired) electrons. The zero-order chi connectivity index (χ0) is 6.91. The van der Waals surface area contributed by atoms with E-state index in [9.17, 15) is 0 Å². The van der Waals surface area contributed by atoms with Crippen LogP contribution in [0.2, 0.25) is 0 Å². The fraction of sp³-hybridized carbons (Fsp3) is 1.00. The standard InChI is InChI=1S/C8H17N/c1-8(9(2)3)6-4-5-7-8/h4-7H2,1-3H3. The molecular formula is C8H17N. The van der Waals surface area contributed by atoms with E-state index in [1.54, 1.807) is 0 Å². The van der Waals surface area contributed by atoms with Gasteiger partial charge in [0.1, 0.15) is 0 Å². The van der Waals surface area contributed by atoms with Crippen molar-refractivity contribution in [1.82, 2.24) is 4.90 Å². The van der Waals surface area contributed by atoms with Gasteiger partial charge in [-0.05, 0) is 33.9 Å². The third-order valence-corrected chi connectivity index (χ3v) is 2.76. The summed E-state index contributed by atoms with van der Waals surface area (Å²) in [5, 5.41) is 0. The van der Waals surface area contributed by atoms with Crippen LogP contribution in [0.3, 0.4) is 0 Å². The molecule has 9 heavy (non-hydrogen) atoms. The van der Waals surface area contributed by atoms with Crippen molar-refractivity contribution in [1.29, 1.82) is 0 Å². The van der Waals surface area contributed by atoms with Gasteiger partial charge >= 0.3 is 0 Å². The molecule has 0 amide bonds. The van der Waals surface area contributed by atoms with E-state index in [-0.39, 0.29) is 0 Å². The Labute approximate surface area is 58.0 Å². The molecule has 0 heterocycles. The monoisotopic (exact) mass is 127 g/mol. The topological polar surface area (TPSA) is 3.24 Å². The first kappa shape index (κ1) is 7.07. The SMILES string of the molecule is CN(C)C1(C)CCCC1. The van der Waals surface area contributed by atoms with Crippen molar-refractivity contribution in [2.75, 3.05) is 14.1 Å². The van der Waals surface area contributed by atoms with Crippen LogP contribution in [0.25, 0.3) is 0 Å². The molecular weight excluding hydrogens is 110 g/mol. The molecule has 1 saturated carbocycles. The van der Waals surface area contributed by atoms with Crippen LogP contribution in [-0.4, -0.2) is 24.5 Å². The van der Waals surface area contributed by atoms with E-state index in [4.69, 9.17) is 0 Å². The Balaban J connectivity index is 2.51. The molecule has 1 aliphatic rings. The van der Waals surface area contributed by atoms with E-state index in [0.29, 0.717) is 5.54 Å². The molecule has 0 aromatic heterocycles. The maximum Gasteiger partial charge on any atom is 0.0175 e. The summed E-state index contributed by atoms with van der Waals surface area (Å²) in [5.74, 6) is 0. The Kier molecular flexibility index (Phi) is 1.80. The summed E-state index contributed by atoms with van der Waals surface area (Å²) in [6.45, 7) is 2.36. The minimum absolute atomic E-state index is 0.528. The molecule has 0 aromatic carbocycles. The van der Waals surface area contributed by atoms with Crippen LogP contribution < -0.4 is 0 Å². The van der Waals surface area contributed by atoms with Crippen molar-refractivity contribution in [2.24, 2.45) is 0 Å². The Bertz CT molecular complexity index is 90.7. The van der Waals surface area contributed by atoms with Gasteiger partial charge in [0, 0.05) is 5.54 Å². The minimum Gasteiger partial charge on any atom is -0.304 e. The molecule has 1 nitrogen and oxygen atoms in total. The molecule has 0 atom stereocenters. The second kappa shape index (κ2) is 2.30. The number of hydrogen-bond acceptors (Lipinski definition) is 1. The first-order chi connectivity index (χ1) is 4.15. The van der Waals surface area contributed by atoms with Gasteiger partial charge in [0.25, 0.3) is 0 Å². The van der Waals surface area contributed by atoms with E-state index in [1.165, 1.54) is 25.7 Å². The van der Waals surface area contributed by atoms with Gasteiger partial charge < -0.3 is 4.90 Å². The first-order valence-corrected chi connectivity index (χ1v) is 3.83. The molecule has 0 unspecified atom stereocenters. The first-order valence-electron chi connectivity index (χ1n) is 3.83. The molecule has 0 N–H and O–H groups in total. The average molecular weight is 127 g/mol. The van der Waals surface area contributed by atoms with Gasteiger partial charge in [0.05, 0.1) is 0 Å². The highest BCUT2D eigenvalue weighted by Crippen LogP contribution is 2.32. The molecule has 0 aromatic rings. The van der Waals surface area contributed by atoms with Crippen LogP contribution in [-0.2, 0) is 0 Å². The van der Waals surface area contributed by atoms with Crippen molar-refractivity contribution in [3.8, 4) is 0 Å². The second-order valence-corrected chi connectivity index (χ2v) is 3.60. The second-order valence-electron chi connectivity index (χ2n) is 3.60. The number of nitrogens with zero attached hydrogens (tertiary/aromatic N) is 1. The lowest BCUT2D eigenvalue weighted by atomic mass is 10.00. The summed E-state index contributed by atoms with van der Waals surface area (Å²) in [6.07, 6.45) is 5.63. The predicted octanol–water partition coefficient (Wildman–Crippen LogP) is 1.88. The Morgan fingerprint density at radius 2 is 1.56 bits per heavy atom. The maximum atomic E-state index is 2.36. The molecule has 1 rings (SSSR count). The summed E-state index contributed by atoms with van der Waals surface area (Å²) in [4.78, 5) is 2.36. The number of hydrogen-bond donors (Lipinski definition) is 0. The molecule has 0 spiro atoms. The van der Waals surface area contributed by atoms with Crippen LogP contribution >= 0.6 is 0 Å².